The number of para-hydroxylation sites is 1. The van der Waals surface area contributed by atoms with Gasteiger partial charge in [-0.15, -0.1) is 12.4 Å². The first-order chi connectivity index (χ1) is 9.77. The van der Waals surface area contributed by atoms with Gasteiger partial charge in [-0.1, -0.05) is 25.1 Å². The smallest absolute Gasteiger partial charge is 0.220 e. The molecule has 0 aliphatic heterocycles. The van der Waals surface area contributed by atoms with Crippen molar-refractivity contribution in [1.82, 2.24) is 10.6 Å². The summed E-state index contributed by atoms with van der Waals surface area (Å²) >= 11 is 0. The summed E-state index contributed by atoms with van der Waals surface area (Å²) in [6, 6.07) is 7.89. The highest BCUT2D eigenvalue weighted by atomic mass is 35.5. The molecule has 2 N–H and O–H groups in total. The lowest BCUT2D eigenvalue weighted by molar-refractivity contribution is -0.121. The molecule has 0 spiro atoms. The fourth-order valence-electron chi connectivity index (χ4n) is 1.94. The van der Waals surface area contributed by atoms with Crippen LogP contribution in [0.15, 0.2) is 24.3 Å². The van der Waals surface area contributed by atoms with Gasteiger partial charge in [0.05, 0.1) is 6.61 Å². The monoisotopic (exact) mass is 314 g/mol. The minimum atomic E-state index is 0. The maximum Gasteiger partial charge on any atom is 0.220 e. The first-order valence-corrected chi connectivity index (χ1v) is 7.46. The van der Waals surface area contributed by atoms with E-state index < -0.39 is 0 Å². The number of amides is 1. The molecule has 1 aromatic rings. The molecule has 0 heterocycles. The minimum Gasteiger partial charge on any atom is -0.494 e. The SMILES string of the molecule is CCCNCCNC(=O)CCc1ccccc1OCC.Cl. The van der Waals surface area contributed by atoms with Gasteiger partial charge in [-0.25, -0.2) is 0 Å². The Morgan fingerprint density at radius 2 is 1.90 bits per heavy atom. The number of benzene rings is 1. The molecule has 0 atom stereocenters. The Hall–Kier alpha value is -1.26. The summed E-state index contributed by atoms with van der Waals surface area (Å²) in [5.74, 6) is 0.974. The van der Waals surface area contributed by atoms with E-state index in [-0.39, 0.29) is 18.3 Å². The van der Waals surface area contributed by atoms with Gasteiger partial charge in [0.25, 0.3) is 0 Å². The van der Waals surface area contributed by atoms with Crippen molar-refractivity contribution in [3.8, 4) is 5.75 Å². The Morgan fingerprint density at radius 3 is 2.62 bits per heavy atom. The molecule has 21 heavy (non-hydrogen) atoms. The molecule has 0 radical (unpaired) electrons. The summed E-state index contributed by atoms with van der Waals surface area (Å²) in [6.07, 6.45) is 2.32. The quantitative estimate of drug-likeness (QED) is 0.653. The van der Waals surface area contributed by atoms with Gasteiger partial charge < -0.3 is 15.4 Å². The average molecular weight is 315 g/mol. The van der Waals surface area contributed by atoms with Gasteiger partial charge >= 0.3 is 0 Å². The summed E-state index contributed by atoms with van der Waals surface area (Å²) in [6.45, 7) is 7.25. The van der Waals surface area contributed by atoms with Crippen molar-refractivity contribution in [3.63, 3.8) is 0 Å². The van der Waals surface area contributed by atoms with E-state index in [0.29, 0.717) is 26.0 Å². The Kier molecular flexibility index (Phi) is 11.7. The second kappa shape index (κ2) is 12.5. The van der Waals surface area contributed by atoms with Crippen molar-refractivity contribution in [2.75, 3.05) is 26.2 Å². The molecule has 5 heteroatoms. The van der Waals surface area contributed by atoms with Crippen molar-refractivity contribution >= 4 is 18.3 Å². The van der Waals surface area contributed by atoms with E-state index in [9.17, 15) is 4.79 Å². The Labute approximate surface area is 134 Å². The minimum absolute atomic E-state index is 0. The number of hydrogen-bond acceptors (Lipinski definition) is 3. The Balaban J connectivity index is 0.00000400. The van der Waals surface area contributed by atoms with Crippen molar-refractivity contribution in [2.45, 2.75) is 33.1 Å². The van der Waals surface area contributed by atoms with Crippen molar-refractivity contribution < 1.29 is 9.53 Å². The second-order valence-electron chi connectivity index (χ2n) is 4.64. The lowest BCUT2D eigenvalue weighted by Crippen LogP contribution is -2.32. The Morgan fingerprint density at radius 1 is 1.14 bits per heavy atom. The van der Waals surface area contributed by atoms with E-state index in [4.69, 9.17) is 4.74 Å². The molecule has 0 saturated carbocycles. The van der Waals surface area contributed by atoms with Crippen LogP contribution in [0.2, 0.25) is 0 Å². The van der Waals surface area contributed by atoms with Crippen LogP contribution in [0.3, 0.4) is 0 Å². The molecule has 0 unspecified atom stereocenters. The van der Waals surface area contributed by atoms with Crippen LogP contribution in [0.4, 0.5) is 0 Å². The second-order valence-corrected chi connectivity index (χ2v) is 4.64. The first kappa shape index (κ1) is 19.7. The summed E-state index contributed by atoms with van der Waals surface area (Å²) < 4.78 is 5.55. The zero-order valence-electron chi connectivity index (χ0n) is 13.0. The van der Waals surface area contributed by atoms with Crippen LogP contribution in [-0.2, 0) is 11.2 Å². The lowest BCUT2D eigenvalue weighted by atomic mass is 10.1. The van der Waals surface area contributed by atoms with E-state index in [1.807, 2.05) is 31.2 Å². The van der Waals surface area contributed by atoms with Gasteiger partial charge in [-0.3, -0.25) is 4.79 Å². The van der Waals surface area contributed by atoms with Gasteiger partial charge in [-0.05, 0) is 37.9 Å². The van der Waals surface area contributed by atoms with Crippen LogP contribution in [-0.4, -0.2) is 32.1 Å². The van der Waals surface area contributed by atoms with Crippen molar-refractivity contribution in [1.29, 1.82) is 0 Å². The lowest BCUT2D eigenvalue weighted by Gasteiger charge is -2.10. The van der Waals surface area contributed by atoms with Crippen LogP contribution in [0, 0.1) is 0 Å². The molecule has 0 aliphatic carbocycles. The normalized spacial score (nSPS) is 9.81. The zero-order chi connectivity index (χ0) is 14.6. The standard InChI is InChI=1S/C16H26N2O2.ClH/c1-3-11-17-12-13-18-16(19)10-9-14-7-5-6-8-15(14)20-4-2;/h5-8,17H,3-4,9-13H2,1-2H3,(H,18,19);1H. The molecule has 0 bridgehead atoms. The topological polar surface area (TPSA) is 50.4 Å². The molecule has 1 aromatic carbocycles. The van der Waals surface area contributed by atoms with E-state index in [2.05, 4.69) is 17.6 Å². The van der Waals surface area contributed by atoms with Crippen molar-refractivity contribution in [2.24, 2.45) is 0 Å². The molecule has 0 saturated heterocycles. The predicted molar refractivity (Wildman–Crippen MR) is 89.4 cm³/mol. The maximum atomic E-state index is 11.7. The highest BCUT2D eigenvalue weighted by Crippen LogP contribution is 2.19. The third-order valence-corrected chi connectivity index (χ3v) is 2.94. The summed E-state index contributed by atoms with van der Waals surface area (Å²) in [7, 11) is 0. The van der Waals surface area contributed by atoms with Crippen LogP contribution >= 0.6 is 12.4 Å². The molecule has 0 fully saturated rings. The molecule has 0 aliphatic rings. The largest absolute Gasteiger partial charge is 0.494 e. The molecule has 0 aromatic heterocycles. The highest BCUT2D eigenvalue weighted by Gasteiger charge is 2.06. The van der Waals surface area contributed by atoms with Crippen molar-refractivity contribution in [3.05, 3.63) is 29.8 Å². The fourth-order valence-corrected chi connectivity index (χ4v) is 1.94. The van der Waals surface area contributed by atoms with Crippen LogP contribution < -0.4 is 15.4 Å². The van der Waals surface area contributed by atoms with E-state index in [0.717, 1.165) is 30.8 Å². The molecule has 120 valence electrons. The summed E-state index contributed by atoms with van der Waals surface area (Å²) in [5, 5.41) is 6.18. The molecule has 1 rings (SSSR count). The predicted octanol–water partition coefficient (Wildman–Crippen LogP) is 2.56. The maximum absolute atomic E-state index is 11.7. The van der Waals surface area contributed by atoms with Crippen LogP contribution in [0.5, 0.6) is 5.75 Å². The number of carbonyl (C=O) groups excluding carboxylic acids is 1. The first-order valence-electron chi connectivity index (χ1n) is 7.46. The van der Waals surface area contributed by atoms with Crippen LogP contribution in [0.1, 0.15) is 32.3 Å². The number of carbonyl (C=O) groups is 1. The van der Waals surface area contributed by atoms with Gasteiger partial charge in [0.1, 0.15) is 5.75 Å². The number of ether oxygens (including phenoxy) is 1. The van der Waals surface area contributed by atoms with E-state index in [1.54, 1.807) is 0 Å². The molecule has 1 amide bonds. The van der Waals surface area contributed by atoms with Crippen LogP contribution in [0.25, 0.3) is 0 Å². The third-order valence-electron chi connectivity index (χ3n) is 2.94. The van der Waals surface area contributed by atoms with Gasteiger partial charge in [0.15, 0.2) is 0 Å². The van der Waals surface area contributed by atoms with Gasteiger partial charge in [0, 0.05) is 19.5 Å². The molecular formula is C16H27ClN2O2. The Bertz CT molecular complexity index is 400. The number of hydrogen-bond donors (Lipinski definition) is 2. The van der Waals surface area contributed by atoms with E-state index in [1.165, 1.54) is 0 Å². The van der Waals surface area contributed by atoms with Gasteiger partial charge in [0.2, 0.25) is 5.91 Å². The molecule has 4 nitrogen and oxygen atoms in total. The highest BCUT2D eigenvalue weighted by molar-refractivity contribution is 5.85. The van der Waals surface area contributed by atoms with E-state index >= 15 is 0 Å². The number of aryl methyl sites for hydroxylation is 1. The summed E-state index contributed by atoms with van der Waals surface area (Å²) in [4.78, 5) is 11.7. The number of halogens is 1. The zero-order valence-corrected chi connectivity index (χ0v) is 13.8. The summed E-state index contributed by atoms with van der Waals surface area (Å²) in [5.41, 5.74) is 1.09. The average Bonchev–Trinajstić information content (AvgIpc) is 2.46. The molecular weight excluding hydrogens is 288 g/mol. The number of rotatable bonds is 10. The van der Waals surface area contributed by atoms with Gasteiger partial charge in [-0.2, -0.15) is 0 Å². The fraction of sp³-hybridized carbons (Fsp3) is 0.562. The third kappa shape index (κ3) is 8.58. The number of nitrogens with one attached hydrogen (secondary N) is 2.